The van der Waals surface area contributed by atoms with E-state index in [9.17, 15) is 0 Å². The molecule has 1 aromatic carbocycles. The average Bonchev–Trinajstić information content (AvgIpc) is 2.73. The first-order valence-corrected chi connectivity index (χ1v) is 6.41. The van der Waals surface area contributed by atoms with Crippen molar-refractivity contribution >= 4 is 15.9 Å². The molecule has 0 N–H and O–H groups in total. The van der Waals surface area contributed by atoms with Gasteiger partial charge in [0.25, 0.3) is 0 Å². The van der Waals surface area contributed by atoms with E-state index in [0.717, 1.165) is 22.5 Å². The monoisotopic (exact) mass is 279 g/mol. The minimum atomic E-state index is 0.359. The number of benzene rings is 1. The van der Waals surface area contributed by atoms with E-state index in [0.29, 0.717) is 6.04 Å². The largest absolute Gasteiger partial charge is 0.308 e. The molecule has 0 bridgehead atoms. The van der Waals surface area contributed by atoms with Gasteiger partial charge in [0.2, 0.25) is 0 Å². The van der Waals surface area contributed by atoms with Gasteiger partial charge in [0.1, 0.15) is 5.82 Å². The van der Waals surface area contributed by atoms with E-state index in [4.69, 9.17) is 0 Å². The summed E-state index contributed by atoms with van der Waals surface area (Å²) in [5.41, 5.74) is 1.11. The lowest BCUT2D eigenvalue weighted by atomic mass is 10.2. The van der Waals surface area contributed by atoms with Crippen LogP contribution in [0, 0.1) is 0 Å². The number of nitrogens with zero attached hydrogens (tertiary/aromatic N) is 3. The molecular weight excluding hydrogens is 266 g/mol. The van der Waals surface area contributed by atoms with Gasteiger partial charge in [-0.1, -0.05) is 46.3 Å². The molecule has 2 aromatic rings. The molecule has 3 nitrogen and oxygen atoms in total. The van der Waals surface area contributed by atoms with Crippen LogP contribution in [0.1, 0.15) is 25.7 Å². The number of alkyl halides is 1. The number of rotatable bonds is 3. The molecule has 0 spiro atoms. The molecule has 0 radical (unpaired) electrons. The standard InChI is InChI=1S/C12H14BrN3/c1-9(2)16-11(8-13)14-15-12(16)10-6-4-3-5-7-10/h3-7,9H,8H2,1-2H3. The van der Waals surface area contributed by atoms with E-state index in [1.165, 1.54) is 0 Å². The summed E-state index contributed by atoms with van der Waals surface area (Å²) >= 11 is 3.44. The van der Waals surface area contributed by atoms with Crippen LogP contribution in [0.25, 0.3) is 11.4 Å². The van der Waals surface area contributed by atoms with Gasteiger partial charge >= 0.3 is 0 Å². The van der Waals surface area contributed by atoms with Gasteiger partial charge < -0.3 is 4.57 Å². The Morgan fingerprint density at radius 2 is 1.88 bits per heavy atom. The smallest absolute Gasteiger partial charge is 0.164 e. The highest BCUT2D eigenvalue weighted by Crippen LogP contribution is 2.22. The predicted molar refractivity (Wildman–Crippen MR) is 68.5 cm³/mol. The topological polar surface area (TPSA) is 30.7 Å². The van der Waals surface area contributed by atoms with Crippen molar-refractivity contribution < 1.29 is 0 Å². The molecule has 0 amide bonds. The lowest BCUT2D eigenvalue weighted by Gasteiger charge is -2.12. The molecule has 0 aliphatic rings. The second-order valence-electron chi connectivity index (χ2n) is 3.90. The normalized spacial score (nSPS) is 11.0. The Balaban J connectivity index is 2.53. The zero-order valence-electron chi connectivity index (χ0n) is 9.39. The highest BCUT2D eigenvalue weighted by Gasteiger charge is 2.14. The number of hydrogen-bond donors (Lipinski definition) is 0. The van der Waals surface area contributed by atoms with E-state index in [1.807, 2.05) is 18.2 Å². The Kier molecular flexibility index (Phi) is 3.39. The summed E-state index contributed by atoms with van der Waals surface area (Å²) in [6, 6.07) is 10.5. The first-order valence-electron chi connectivity index (χ1n) is 5.29. The summed E-state index contributed by atoms with van der Waals surface area (Å²) < 4.78 is 2.16. The van der Waals surface area contributed by atoms with Crippen LogP contribution in [0.2, 0.25) is 0 Å². The third-order valence-electron chi connectivity index (χ3n) is 2.43. The lowest BCUT2D eigenvalue weighted by molar-refractivity contribution is 0.586. The van der Waals surface area contributed by atoms with Crippen molar-refractivity contribution in [2.45, 2.75) is 25.2 Å². The van der Waals surface area contributed by atoms with Crippen molar-refractivity contribution in [3.05, 3.63) is 36.2 Å². The molecule has 0 unspecified atom stereocenters. The second-order valence-corrected chi connectivity index (χ2v) is 4.46. The van der Waals surface area contributed by atoms with Crippen LogP contribution in [0.3, 0.4) is 0 Å². The van der Waals surface area contributed by atoms with Gasteiger partial charge in [0.15, 0.2) is 5.82 Å². The van der Waals surface area contributed by atoms with Gasteiger partial charge in [-0.2, -0.15) is 0 Å². The minimum absolute atomic E-state index is 0.359. The summed E-state index contributed by atoms with van der Waals surface area (Å²) in [4.78, 5) is 0. The van der Waals surface area contributed by atoms with Gasteiger partial charge in [0.05, 0.1) is 5.33 Å². The van der Waals surface area contributed by atoms with Crippen LogP contribution in [-0.2, 0) is 5.33 Å². The van der Waals surface area contributed by atoms with Crippen molar-refractivity contribution in [2.24, 2.45) is 0 Å². The fraction of sp³-hybridized carbons (Fsp3) is 0.333. The lowest BCUT2D eigenvalue weighted by Crippen LogP contribution is -2.06. The van der Waals surface area contributed by atoms with Crippen molar-refractivity contribution in [1.29, 1.82) is 0 Å². The summed E-state index contributed by atoms with van der Waals surface area (Å²) in [7, 11) is 0. The molecule has 0 saturated heterocycles. The Morgan fingerprint density at radius 3 is 2.44 bits per heavy atom. The fourth-order valence-corrected chi connectivity index (χ4v) is 2.12. The van der Waals surface area contributed by atoms with E-state index >= 15 is 0 Å². The molecule has 0 aliphatic heterocycles. The van der Waals surface area contributed by atoms with E-state index in [2.05, 4.69) is 56.7 Å². The van der Waals surface area contributed by atoms with E-state index < -0.39 is 0 Å². The average molecular weight is 280 g/mol. The Morgan fingerprint density at radius 1 is 1.19 bits per heavy atom. The maximum Gasteiger partial charge on any atom is 0.164 e. The van der Waals surface area contributed by atoms with Crippen LogP contribution in [0.15, 0.2) is 30.3 Å². The van der Waals surface area contributed by atoms with E-state index in [1.54, 1.807) is 0 Å². The molecule has 1 aromatic heterocycles. The maximum atomic E-state index is 4.26. The fourth-order valence-electron chi connectivity index (χ4n) is 1.74. The van der Waals surface area contributed by atoms with Gasteiger partial charge in [-0.15, -0.1) is 10.2 Å². The van der Waals surface area contributed by atoms with E-state index in [-0.39, 0.29) is 0 Å². The molecule has 84 valence electrons. The van der Waals surface area contributed by atoms with Crippen LogP contribution in [0.5, 0.6) is 0 Å². The maximum absolute atomic E-state index is 4.26. The molecule has 0 fully saturated rings. The summed E-state index contributed by atoms with van der Waals surface area (Å²) in [6.45, 7) is 4.28. The number of halogens is 1. The van der Waals surface area contributed by atoms with Gasteiger partial charge in [-0.3, -0.25) is 0 Å². The van der Waals surface area contributed by atoms with Crippen LogP contribution < -0.4 is 0 Å². The number of hydrogen-bond acceptors (Lipinski definition) is 2. The third-order valence-corrected chi connectivity index (χ3v) is 2.94. The van der Waals surface area contributed by atoms with Crippen molar-refractivity contribution in [3.8, 4) is 11.4 Å². The Hall–Kier alpha value is -1.16. The van der Waals surface area contributed by atoms with Gasteiger partial charge in [0, 0.05) is 11.6 Å². The molecule has 2 rings (SSSR count). The quantitative estimate of drug-likeness (QED) is 0.806. The third kappa shape index (κ3) is 2.02. The van der Waals surface area contributed by atoms with Crippen LogP contribution >= 0.6 is 15.9 Å². The van der Waals surface area contributed by atoms with Gasteiger partial charge in [-0.25, -0.2) is 0 Å². The molecule has 0 atom stereocenters. The predicted octanol–water partition coefficient (Wildman–Crippen LogP) is 3.42. The van der Waals surface area contributed by atoms with Crippen LogP contribution in [-0.4, -0.2) is 14.8 Å². The zero-order chi connectivity index (χ0) is 11.5. The SMILES string of the molecule is CC(C)n1c(CBr)nnc1-c1ccccc1. The number of aromatic nitrogens is 3. The van der Waals surface area contributed by atoms with Crippen molar-refractivity contribution in [2.75, 3.05) is 0 Å². The highest BCUT2D eigenvalue weighted by molar-refractivity contribution is 9.08. The molecule has 16 heavy (non-hydrogen) atoms. The molecule has 0 aliphatic carbocycles. The highest BCUT2D eigenvalue weighted by atomic mass is 79.9. The first kappa shape index (κ1) is 11.3. The molecule has 1 heterocycles. The van der Waals surface area contributed by atoms with Crippen molar-refractivity contribution in [3.63, 3.8) is 0 Å². The van der Waals surface area contributed by atoms with Crippen molar-refractivity contribution in [1.82, 2.24) is 14.8 Å². The summed E-state index contributed by atoms with van der Waals surface area (Å²) in [5, 5.41) is 9.19. The van der Waals surface area contributed by atoms with Gasteiger partial charge in [-0.05, 0) is 13.8 Å². The first-order chi connectivity index (χ1) is 7.74. The summed E-state index contributed by atoms with van der Waals surface area (Å²) in [5.74, 6) is 1.90. The molecule has 4 heteroatoms. The Labute approximate surface area is 104 Å². The zero-order valence-corrected chi connectivity index (χ0v) is 11.0. The summed E-state index contributed by atoms with van der Waals surface area (Å²) in [6.07, 6.45) is 0. The minimum Gasteiger partial charge on any atom is -0.308 e. The second kappa shape index (κ2) is 4.78. The molecular formula is C12H14BrN3. The molecule has 0 saturated carbocycles. The Bertz CT molecular complexity index is 462. The van der Waals surface area contributed by atoms with Crippen LogP contribution in [0.4, 0.5) is 0 Å².